The average molecular weight is 432 g/mol. The minimum Gasteiger partial charge on any atom is -0.490 e. The summed E-state index contributed by atoms with van der Waals surface area (Å²) in [6.45, 7) is 3.85. The molecule has 0 radical (unpaired) electrons. The molecular formula is C19H27Cl2N3O4. The van der Waals surface area contributed by atoms with Crippen molar-refractivity contribution in [1.29, 1.82) is 0 Å². The predicted molar refractivity (Wildman–Crippen MR) is 110 cm³/mol. The van der Waals surface area contributed by atoms with Crippen molar-refractivity contribution in [3.05, 3.63) is 28.8 Å². The first-order chi connectivity index (χ1) is 13.1. The number of ether oxygens (including phenoxy) is 2. The Kier molecular flexibility index (Phi) is 8.82. The monoisotopic (exact) mass is 431 g/mol. The molecule has 2 fully saturated rings. The van der Waals surface area contributed by atoms with Crippen LogP contribution in [0.1, 0.15) is 23.2 Å². The van der Waals surface area contributed by atoms with Gasteiger partial charge in [0.15, 0.2) is 0 Å². The molecule has 1 aromatic carbocycles. The van der Waals surface area contributed by atoms with E-state index in [2.05, 4.69) is 5.32 Å². The number of nitrogens with one attached hydrogen (secondary N) is 1. The van der Waals surface area contributed by atoms with E-state index in [0.717, 1.165) is 19.4 Å². The largest absolute Gasteiger partial charge is 0.490 e. The molecule has 2 aliphatic heterocycles. The van der Waals surface area contributed by atoms with Gasteiger partial charge in [0.2, 0.25) is 5.91 Å². The fourth-order valence-corrected chi connectivity index (χ4v) is 3.77. The molecule has 0 saturated carbocycles. The molecule has 0 aliphatic carbocycles. The van der Waals surface area contributed by atoms with E-state index in [1.165, 1.54) is 0 Å². The standard InChI is InChI=1S/C19H26ClN3O4.ClH/c1-26-9-10-27-17-5-4-14(20)11-16(17)19(25)22-7-2-3-15(13-22)23-8-6-21-12-18(23)24;/h4-5,11,15,21H,2-3,6-10,12-13H2,1H3;1H. The smallest absolute Gasteiger partial charge is 0.257 e. The van der Waals surface area contributed by atoms with E-state index in [1.807, 2.05) is 4.90 Å². The second-order valence-corrected chi connectivity index (χ2v) is 7.23. The lowest BCUT2D eigenvalue weighted by molar-refractivity contribution is -0.135. The molecule has 9 heteroatoms. The van der Waals surface area contributed by atoms with E-state index in [9.17, 15) is 9.59 Å². The molecule has 2 amide bonds. The molecule has 0 aromatic heterocycles. The fraction of sp³-hybridized carbons (Fsp3) is 0.579. The quantitative estimate of drug-likeness (QED) is 0.695. The first-order valence-electron chi connectivity index (χ1n) is 9.31. The molecule has 2 saturated heterocycles. The number of hydrogen-bond acceptors (Lipinski definition) is 5. The third-order valence-electron chi connectivity index (χ3n) is 4.97. The minimum absolute atomic E-state index is 0. The van der Waals surface area contributed by atoms with Gasteiger partial charge in [-0.2, -0.15) is 0 Å². The fourth-order valence-electron chi connectivity index (χ4n) is 3.60. The predicted octanol–water partition coefficient (Wildman–Crippen LogP) is 1.82. The number of benzene rings is 1. The highest BCUT2D eigenvalue weighted by Crippen LogP contribution is 2.26. The summed E-state index contributed by atoms with van der Waals surface area (Å²) in [5.74, 6) is 0.492. The Labute approximate surface area is 176 Å². The van der Waals surface area contributed by atoms with E-state index in [1.54, 1.807) is 30.2 Å². The van der Waals surface area contributed by atoms with Gasteiger partial charge in [0.1, 0.15) is 12.4 Å². The van der Waals surface area contributed by atoms with Crippen LogP contribution in [-0.2, 0) is 9.53 Å². The van der Waals surface area contributed by atoms with Gasteiger partial charge < -0.3 is 24.6 Å². The Morgan fingerprint density at radius 2 is 2.14 bits per heavy atom. The van der Waals surface area contributed by atoms with E-state index in [-0.39, 0.29) is 30.3 Å². The van der Waals surface area contributed by atoms with Crippen LogP contribution in [0, 0.1) is 0 Å². The number of rotatable bonds is 6. The Morgan fingerprint density at radius 1 is 1.32 bits per heavy atom. The van der Waals surface area contributed by atoms with Crippen LogP contribution in [0.5, 0.6) is 5.75 Å². The highest BCUT2D eigenvalue weighted by molar-refractivity contribution is 6.31. The number of halogens is 2. The minimum atomic E-state index is -0.114. The summed E-state index contributed by atoms with van der Waals surface area (Å²) in [5.41, 5.74) is 0.450. The van der Waals surface area contributed by atoms with Gasteiger partial charge in [-0.25, -0.2) is 0 Å². The Morgan fingerprint density at radius 3 is 2.89 bits per heavy atom. The molecule has 0 bridgehead atoms. The van der Waals surface area contributed by atoms with Gasteiger partial charge in [-0.05, 0) is 31.0 Å². The van der Waals surface area contributed by atoms with Gasteiger partial charge in [0.05, 0.1) is 18.7 Å². The van der Waals surface area contributed by atoms with Gasteiger partial charge in [-0.1, -0.05) is 11.6 Å². The number of carbonyl (C=O) groups excluding carboxylic acids is 2. The highest BCUT2D eigenvalue weighted by Gasteiger charge is 2.32. The molecule has 7 nitrogen and oxygen atoms in total. The maximum absolute atomic E-state index is 13.2. The summed E-state index contributed by atoms with van der Waals surface area (Å²) in [4.78, 5) is 29.1. The van der Waals surface area contributed by atoms with Crippen molar-refractivity contribution in [2.24, 2.45) is 0 Å². The SMILES string of the molecule is COCCOc1ccc(Cl)cc1C(=O)N1CCCC(N2CCNCC2=O)C1.Cl. The van der Waals surface area contributed by atoms with Crippen molar-refractivity contribution in [3.8, 4) is 5.75 Å². The van der Waals surface area contributed by atoms with Crippen LogP contribution < -0.4 is 10.1 Å². The highest BCUT2D eigenvalue weighted by atomic mass is 35.5. The van der Waals surface area contributed by atoms with Gasteiger partial charge >= 0.3 is 0 Å². The summed E-state index contributed by atoms with van der Waals surface area (Å²) < 4.78 is 10.7. The first-order valence-corrected chi connectivity index (χ1v) is 9.68. The average Bonchev–Trinajstić information content (AvgIpc) is 2.69. The van der Waals surface area contributed by atoms with E-state index in [4.69, 9.17) is 21.1 Å². The number of piperidine rings is 1. The summed E-state index contributed by atoms with van der Waals surface area (Å²) in [5, 5.41) is 3.58. The third kappa shape index (κ3) is 5.50. The maximum Gasteiger partial charge on any atom is 0.257 e. The molecule has 1 unspecified atom stereocenters. The van der Waals surface area contributed by atoms with Crippen molar-refractivity contribution < 1.29 is 19.1 Å². The second-order valence-electron chi connectivity index (χ2n) is 6.79. The number of methoxy groups -OCH3 is 1. The Balaban J connectivity index is 0.00000280. The van der Waals surface area contributed by atoms with Crippen molar-refractivity contribution in [3.63, 3.8) is 0 Å². The normalized spacial score (nSPS) is 19.9. The topological polar surface area (TPSA) is 71.1 Å². The molecule has 2 heterocycles. The number of piperazine rings is 1. The van der Waals surface area contributed by atoms with Gasteiger partial charge in [-0.15, -0.1) is 12.4 Å². The lowest BCUT2D eigenvalue weighted by Gasteiger charge is -2.41. The number of amides is 2. The molecule has 156 valence electrons. The van der Waals surface area contributed by atoms with Crippen LogP contribution in [0.4, 0.5) is 0 Å². The molecule has 1 atom stereocenters. The number of carbonyl (C=O) groups is 2. The third-order valence-corrected chi connectivity index (χ3v) is 5.20. The summed E-state index contributed by atoms with van der Waals surface area (Å²) in [6, 6.07) is 5.13. The van der Waals surface area contributed by atoms with Crippen LogP contribution >= 0.6 is 24.0 Å². The zero-order valence-electron chi connectivity index (χ0n) is 16.0. The van der Waals surface area contributed by atoms with Crippen molar-refractivity contribution >= 4 is 35.8 Å². The van der Waals surface area contributed by atoms with Crippen LogP contribution in [0.25, 0.3) is 0 Å². The van der Waals surface area contributed by atoms with E-state index < -0.39 is 0 Å². The molecule has 1 N–H and O–H groups in total. The van der Waals surface area contributed by atoms with Crippen molar-refractivity contribution in [1.82, 2.24) is 15.1 Å². The van der Waals surface area contributed by atoms with Crippen LogP contribution in [0.15, 0.2) is 18.2 Å². The van der Waals surface area contributed by atoms with Crippen molar-refractivity contribution in [2.45, 2.75) is 18.9 Å². The van der Waals surface area contributed by atoms with Crippen LogP contribution in [0.3, 0.4) is 0 Å². The number of hydrogen-bond donors (Lipinski definition) is 1. The number of likely N-dealkylation sites (tertiary alicyclic amines) is 1. The zero-order chi connectivity index (χ0) is 19.2. The molecule has 28 heavy (non-hydrogen) atoms. The molecular weight excluding hydrogens is 405 g/mol. The van der Waals surface area contributed by atoms with E-state index in [0.29, 0.717) is 55.7 Å². The van der Waals surface area contributed by atoms with Gasteiger partial charge in [0.25, 0.3) is 5.91 Å². The van der Waals surface area contributed by atoms with Gasteiger partial charge in [0, 0.05) is 44.4 Å². The second kappa shape index (κ2) is 10.9. The lowest BCUT2D eigenvalue weighted by atomic mass is 10.0. The summed E-state index contributed by atoms with van der Waals surface area (Å²) in [6.07, 6.45) is 1.79. The van der Waals surface area contributed by atoms with Crippen molar-refractivity contribution in [2.75, 3.05) is 53.0 Å². The molecule has 1 aromatic rings. The van der Waals surface area contributed by atoms with Gasteiger partial charge in [-0.3, -0.25) is 9.59 Å². The van der Waals surface area contributed by atoms with Crippen LogP contribution in [-0.4, -0.2) is 80.7 Å². The van der Waals surface area contributed by atoms with Crippen LogP contribution in [0.2, 0.25) is 5.02 Å². The summed E-state index contributed by atoms with van der Waals surface area (Å²) >= 11 is 6.12. The molecule has 0 spiro atoms. The lowest BCUT2D eigenvalue weighted by Crippen LogP contribution is -2.57. The zero-order valence-corrected chi connectivity index (χ0v) is 17.6. The molecule has 2 aliphatic rings. The Bertz CT molecular complexity index is 689. The maximum atomic E-state index is 13.2. The Hall–Kier alpha value is -1.54. The van der Waals surface area contributed by atoms with E-state index >= 15 is 0 Å². The number of nitrogens with zero attached hydrogens (tertiary/aromatic N) is 2. The summed E-state index contributed by atoms with van der Waals surface area (Å²) in [7, 11) is 1.60. The molecule has 3 rings (SSSR count). The first kappa shape index (κ1) is 22.7.